The molecule has 0 radical (unpaired) electrons. The molecular formula is C27H22F3N3O5. The van der Waals surface area contributed by atoms with Crippen LogP contribution in [0.5, 0.6) is 0 Å². The molecule has 0 heterocycles. The molecule has 8 nitrogen and oxygen atoms in total. The molecule has 0 aromatic heterocycles. The molecule has 0 aliphatic rings. The van der Waals surface area contributed by atoms with Crippen molar-refractivity contribution >= 4 is 29.8 Å². The Kier molecular flexibility index (Phi) is 8.64. The summed E-state index contributed by atoms with van der Waals surface area (Å²) >= 11 is 0. The van der Waals surface area contributed by atoms with Gasteiger partial charge in [0.1, 0.15) is 11.7 Å². The van der Waals surface area contributed by atoms with Crippen LogP contribution < -0.4 is 16.4 Å². The predicted octanol–water partition coefficient (Wildman–Crippen LogP) is 3.59. The summed E-state index contributed by atoms with van der Waals surface area (Å²) in [5.41, 5.74) is 5.76. The number of halogens is 3. The van der Waals surface area contributed by atoms with Gasteiger partial charge < -0.3 is 21.5 Å². The summed E-state index contributed by atoms with van der Waals surface area (Å²) in [7, 11) is 0. The fourth-order valence-electron chi connectivity index (χ4n) is 3.37. The lowest BCUT2D eigenvalue weighted by Gasteiger charge is -2.16. The van der Waals surface area contributed by atoms with Crippen molar-refractivity contribution in [1.29, 1.82) is 0 Å². The van der Waals surface area contributed by atoms with Crippen LogP contribution in [0.4, 0.5) is 13.2 Å². The van der Waals surface area contributed by atoms with Gasteiger partial charge in [0, 0.05) is 5.56 Å². The second kappa shape index (κ2) is 11.9. The molecule has 0 bridgehead atoms. The monoisotopic (exact) mass is 525 g/mol. The van der Waals surface area contributed by atoms with Gasteiger partial charge in [-0.1, -0.05) is 54.6 Å². The number of amides is 3. The van der Waals surface area contributed by atoms with Crippen LogP contribution in [0.15, 0.2) is 84.6 Å². The Morgan fingerprint density at radius 3 is 1.97 bits per heavy atom. The molecule has 5 N–H and O–H groups in total. The smallest absolute Gasteiger partial charge is 0.416 e. The average molecular weight is 525 g/mol. The van der Waals surface area contributed by atoms with E-state index < -0.39 is 53.6 Å². The number of alkyl halides is 3. The van der Waals surface area contributed by atoms with Crippen molar-refractivity contribution in [2.24, 2.45) is 5.73 Å². The Balaban J connectivity index is 1.90. The Hall–Kier alpha value is -4.93. The quantitative estimate of drug-likeness (QED) is 0.316. The van der Waals surface area contributed by atoms with Crippen LogP contribution >= 0.6 is 0 Å². The lowest BCUT2D eigenvalue weighted by molar-refractivity contribution is -0.142. The van der Waals surface area contributed by atoms with E-state index in [1.165, 1.54) is 6.08 Å². The summed E-state index contributed by atoms with van der Waals surface area (Å²) in [6.07, 6.45) is -4.04. The standard InChI is InChI=1S/C27H22F3N3O5/c28-27(29,30)20-12-10-19(11-13-20)24(35)32-21(25(36)33-22(26(37)38)15-23(31)34)14-16-6-8-18(9-7-16)17-4-2-1-3-5-17/h1-14,22H,15H2,(H2,31,34)(H,32,35)(H,33,36)(H,37,38)/b21-14+/t22-/m1/s1. The minimum atomic E-state index is -4.60. The SMILES string of the molecule is NC(=O)C[C@@H](NC(=O)/C(=C\c1ccc(-c2ccccc2)cc1)NC(=O)c1ccc(C(F)(F)F)cc1)C(=O)O. The van der Waals surface area contributed by atoms with Gasteiger partial charge in [-0.2, -0.15) is 13.2 Å². The average Bonchev–Trinajstić information content (AvgIpc) is 2.88. The molecule has 0 saturated heterocycles. The molecule has 0 saturated carbocycles. The molecule has 0 unspecified atom stereocenters. The summed E-state index contributed by atoms with van der Waals surface area (Å²) < 4.78 is 38.5. The lowest BCUT2D eigenvalue weighted by Crippen LogP contribution is -2.46. The highest BCUT2D eigenvalue weighted by molar-refractivity contribution is 6.06. The highest BCUT2D eigenvalue weighted by Gasteiger charge is 2.30. The highest BCUT2D eigenvalue weighted by atomic mass is 19.4. The zero-order valence-electron chi connectivity index (χ0n) is 19.7. The number of primary amides is 1. The van der Waals surface area contributed by atoms with Crippen molar-refractivity contribution in [3.63, 3.8) is 0 Å². The predicted molar refractivity (Wildman–Crippen MR) is 132 cm³/mol. The fraction of sp³-hybridized carbons (Fsp3) is 0.111. The van der Waals surface area contributed by atoms with Crippen LogP contribution in [0.1, 0.15) is 27.9 Å². The van der Waals surface area contributed by atoms with Gasteiger partial charge in [-0.15, -0.1) is 0 Å². The number of carboxylic acids is 1. The summed E-state index contributed by atoms with van der Waals surface area (Å²) in [5, 5.41) is 13.7. The second-order valence-corrected chi connectivity index (χ2v) is 8.11. The minimum Gasteiger partial charge on any atom is -0.480 e. The molecular weight excluding hydrogens is 503 g/mol. The van der Waals surface area contributed by atoms with Gasteiger partial charge in [0.2, 0.25) is 5.91 Å². The lowest BCUT2D eigenvalue weighted by atomic mass is 10.0. The van der Waals surface area contributed by atoms with Gasteiger partial charge in [-0.25, -0.2) is 4.79 Å². The first kappa shape index (κ1) is 27.7. The number of hydrogen-bond donors (Lipinski definition) is 4. The third-order valence-corrected chi connectivity index (χ3v) is 5.30. The van der Waals surface area contributed by atoms with Crippen LogP contribution in [0, 0.1) is 0 Å². The first-order valence-corrected chi connectivity index (χ1v) is 11.1. The summed E-state index contributed by atoms with van der Waals surface area (Å²) in [5.74, 6) is -4.47. The molecule has 1 atom stereocenters. The van der Waals surface area contributed by atoms with Crippen LogP contribution in [0.3, 0.4) is 0 Å². The van der Waals surface area contributed by atoms with E-state index in [1.54, 1.807) is 24.3 Å². The molecule has 0 aliphatic carbocycles. The van der Waals surface area contributed by atoms with Crippen LogP contribution in [-0.4, -0.2) is 34.8 Å². The van der Waals surface area contributed by atoms with Crippen molar-refractivity contribution in [3.05, 3.63) is 101 Å². The highest BCUT2D eigenvalue weighted by Crippen LogP contribution is 2.29. The van der Waals surface area contributed by atoms with Crippen LogP contribution in [-0.2, 0) is 20.6 Å². The summed E-state index contributed by atoms with van der Waals surface area (Å²) in [6.45, 7) is 0. The third kappa shape index (κ3) is 7.53. The molecule has 3 aromatic carbocycles. The van der Waals surface area contributed by atoms with Gasteiger partial charge in [-0.3, -0.25) is 14.4 Å². The number of nitrogens with two attached hydrogens (primary N) is 1. The van der Waals surface area contributed by atoms with E-state index in [2.05, 4.69) is 10.6 Å². The van der Waals surface area contributed by atoms with Crippen molar-refractivity contribution in [1.82, 2.24) is 10.6 Å². The first-order valence-electron chi connectivity index (χ1n) is 11.1. The number of rotatable bonds is 9. The molecule has 3 aromatic rings. The van der Waals surface area contributed by atoms with Crippen molar-refractivity contribution in [3.8, 4) is 11.1 Å². The zero-order chi connectivity index (χ0) is 27.9. The number of aliphatic carboxylic acids is 1. The molecule has 11 heteroatoms. The second-order valence-electron chi connectivity index (χ2n) is 8.11. The van der Waals surface area contributed by atoms with Gasteiger partial charge in [0.25, 0.3) is 11.8 Å². The Morgan fingerprint density at radius 2 is 1.45 bits per heavy atom. The van der Waals surface area contributed by atoms with E-state index in [0.29, 0.717) is 17.7 Å². The van der Waals surface area contributed by atoms with E-state index in [9.17, 15) is 37.5 Å². The number of carbonyl (C=O) groups is 4. The van der Waals surface area contributed by atoms with Crippen molar-refractivity contribution in [2.45, 2.75) is 18.6 Å². The van der Waals surface area contributed by atoms with E-state index in [4.69, 9.17) is 5.73 Å². The molecule has 0 aliphatic heterocycles. The Labute approximate surface area is 215 Å². The van der Waals surface area contributed by atoms with E-state index >= 15 is 0 Å². The first-order chi connectivity index (χ1) is 17.9. The van der Waals surface area contributed by atoms with Crippen LogP contribution in [0.2, 0.25) is 0 Å². The van der Waals surface area contributed by atoms with E-state index in [0.717, 1.165) is 23.3 Å². The van der Waals surface area contributed by atoms with Crippen molar-refractivity contribution in [2.75, 3.05) is 0 Å². The summed E-state index contributed by atoms with van der Waals surface area (Å²) in [4.78, 5) is 48.3. The Bertz CT molecular complexity index is 1350. The van der Waals surface area contributed by atoms with Gasteiger partial charge in [0.05, 0.1) is 12.0 Å². The van der Waals surface area contributed by atoms with Gasteiger partial charge in [0.15, 0.2) is 0 Å². The molecule has 0 fully saturated rings. The normalized spacial score (nSPS) is 12.3. The van der Waals surface area contributed by atoms with Gasteiger partial charge >= 0.3 is 12.1 Å². The number of benzene rings is 3. The topological polar surface area (TPSA) is 139 Å². The van der Waals surface area contributed by atoms with Gasteiger partial charge in [-0.05, 0) is 47.0 Å². The molecule has 3 amide bonds. The largest absolute Gasteiger partial charge is 0.480 e. The van der Waals surface area contributed by atoms with Crippen molar-refractivity contribution < 1.29 is 37.5 Å². The number of carbonyl (C=O) groups excluding carboxylic acids is 3. The van der Waals surface area contributed by atoms with E-state index in [1.807, 2.05) is 30.3 Å². The number of nitrogens with one attached hydrogen (secondary N) is 2. The molecule has 3 rings (SSSR count). The maximum Gasteiger partial charge on any atom is 0.416 e. The maximum atomic E-state index is 12.9. The Morgan fingerprint density at radius 1 is 0.868 bits per heavy atom. The maximum absolute atomic E-state index is 12.9. The number of hydrogen-bond acceptors (Lipinski definition) is 4. The number of carboxylic acid groups (broad SMARTS) is 1. The minimum absolute atomic E-state index is 0.178. The zero-order valence-corrected chi connectivity index (χ0v) is 19.7. The third-order valence-electron chi connectivity index (χ3n) is 5.30. The van der Waals surface area contributed by atoms with Crippen LogP contribution in [0.25, 0.3) is 17.2 Å². The molecule has 0 spiro atoms. The fourth-order valence-corrected chi connectivity index (χ4v) is 3.37. The van der Waals surface area contributed by atoms with E-state index in [-0.39, 0.29) is 5.56 Å². The molecule has 196 valence electrons. The summed E-state index contributed by atoms with van der Waals surface area (Å²) in [6, 6.07) is 17.9. The molecule has 38 heavy (non-hydrogen) atoms.